The average Bonchev–Trinajstić information content (AvgIpc) is 2.34. The molecule has 0 fully saturated rings. The fourth-order valence-corrected chi connectivity index (χ4v) is 2.33. The highest BCUT2D eigenvalue weighted by Crippen LogP contribution is 2.16. The zero-order valence-corrected chi connectivity index (χ0v) is 14.8. The van der Waals surface area contributed by atoms with E-state index in [4.69, 9.17) is 0 Å². The summed E-state index contributed by atoms with van der Waals surface area (Å²) in [5, 5.41) is 2.81. The molecular formula is C16H26N4O3. The zero-order valence-electron chi connectivity index (χ0n) is 14.8. The van der Waals surface area contributed by atoms with Gasteiger partial charge in [-0.3, -0.25) is 14.4 Å². The van der Waals surface area contributed by atoms with Crippen LogP contribution in [0.3, 0.4) is 0 Å². The lowest BCUT2D eigenvalue weighted by Crippen LogP contribution is -2.46. The normalized spacial score (nSPS) is 18.2. The molecule has 1 rings (SSSR count). The van der Waals surface area contributed by atoms with Crippen LogP contribution >= 0.6 is 0 Å². The maximum absolute atomic E-state index is 12.1. The number of carbonyl (C=O) groups is 3. The quantitative estimate of drug-likeness (QED) is 0.824. The molecule has 0 aromatic carbocycles. The lowest BCUT2D eigenvalue weighted by molar-refractivity contribution is -0.135. The van der Waals surface area contributed by atoms with Crippen LogP contribution in [0.4, 0.5) is 0 Å². The number of nitrogens with zero attached hydrogens (tertiary/aromatic N) is 3. The molecule has 3 amide bonds. The van der Waals surface area contributed by atoms with Gasteiger partial charge in [-0.1, -0.05) is 0 Å². The molecule has 0 bridgehead atoms. The molecule has 1 unspecified atom stereocenters. The van der Waals surface area contributed by atoms with Crippen molar-refractivity contribution in [2.24, 2.45) is 15.9 Å². The number of carbonyl (C=O) groups excluding carboxylic acids is 3. The average molecular weight is 322 g/mol. The molecule has 128 valence electrons. The van der Waals surface area contributed by atoms with E-state index in [1.54, 1.807) is 20.9 Å². The first-order valence-electron chi connectivity index (χ1n) is 7.69. The van der Waals surface area contributed by atoms with Crippen molar-refractivity contribution in [2.75, 3.05) is 13.6 Å². The van der Waals surface area contributed by atoms with E-state index in [0.29, 0.717) is 18.0 Å². The second-order valence-corrected chi connectivity index (χ2v) is 6.89. The number of rotatable bonds is 5. The van der Waals surface area contributed by atoms with Gasteiger partial charge in [0.2, 0.25) is 11.8 Å². The van der Waals surface area contributed by atoms with Crippen molar-refractivity contribution >= 4 is 29.3 Å². The first kappa shape index (κ1) is 19.0. The van der Waals surface area contributed by atoms with Crippen LogP contribution in [0.25, 0.3) is 0 Å². The van der Waals surface area contributed by atoms with Crippen LogP contribution in [-0.4, -0.2) is 53.3 Å². The van der Waals surface area contributed by atoms with E-state index >= 15 is 0 Å². The summed E-state index contributed by atoms with van der Waals surface area (Å²) < 4.78 is 0. The highest BCUT2D eigenvalue weighted by molar-refractivity contribution is 6.14. The second kappa shape index (κ2) is 7.48. The number of nitrogens with one attached hydrogen (secondary N) is 1. The van der Waals surface area contributed by atoms with Crippen molar-refractivity contribution in [3.05, 3.63) is 0 Å². The lowest BCUT2D eigenvalue weighted by Gasteiger charge is -2.24. The minimum absolute atomic E-state index is 0.000944. The summed E-state index contributed by atoms with van der Waals surface area (Å²) in [5.74, 6) is -0.637. The van der Waals surface area contributed by atoms with E-state index in [0.717, 1.165) is 0 Å². The molecule has 1 N–H and O–H groups in total. The molecule has 0 saturated carbocycles. The second-order valence-electron chi connectivity index (χ2n) is 6.89. The van der Waals surface area contributed by atoms with Gasteiger partial charge in [-0.05, 0) is 41.0 Å². The maximum Gasteiger partial charge on any atom is 0.256 e. The van der Waals surface area contributed by atoms with Crippen LogP contribution in [0.2, 0.25) is 0 Å². The summed E-state index contributed by atoms with van der Waals surface area (Å²) in [7, 11) is 1.58. The molecule has 0 aliphatic carbocycles. The van der Waals surface area contributed by atoms with Gasteiger partial charge in [0.25, 0.3) is 5.91 Å². The van der Waals surface area contributed by atoms with Gasteiger partial charge in [-0.25, -0.2) is 4.99 Å². The number of amides is 3. The molecule has 1 aliphatic heterocycles. The number of amidine groups is 1. The molecule has 7 nitrogen and oxygen atoms in total. The van der Waals surface area contributed by atoms with Gasteiger partial charge >= 0.3 is 0 Å². The monoisotopic (exact) mass is 322 g/mol. The van der Waals surface area contributed by atoms with Gasteiger partial charge in [-0.2, -0.15) is 4.99 Å². The van der Waals surface area contributed by atoms with Crippen molar-refractivity contribution < 1.29 is 14.4 Å². The van der Waals surface area contributed by atoms with Crippen LogP contribution in [0, 0.1) is 5.92 Å². The molecule has 1 atom stereocenters. The summed E-state index contributed by atoms with van der Waals surface area (Å²) in [6.45, 7) is 9.08. The third-order valence-corrected chi connectivity index (χ3v) is 3.38. The number of likely N-dealkylation sites (N-methyl/N-ethyl adjacent to an activating group) is 1. The number of hydrogen-bond acceptors (Lipinski definition) is 4. The van der Waals surface area contributed by atoms with Gasteiger partial charge in [0, 0.05) is 24.7 Å². The molecule has 0 aromatic rings. The Morgan fingerprint density at radius 1 is 1.22 bits per heavy atom. The third-order valence-electron chi connectivity index (χ3n) is 3.38. The van der Waals surface area contributed by atoms with Gasteiger partial charge in [0.05, 0.1) is 12.5 Å². The van der Waals surface area contributed by atoms with Crippen LogP contribution in [0.1, 0.15) is 47.5 Å². The predicted octanol–water partition coefficient (Wildman–Crippen LogP) is 1.18. The Morgan fingerprint density at radius 2 is 1.83 bits per heavy atom. The third kappa shape index (κ3) is 6.30. The first-order valence-corrected chi connectivity index (χ1v) is 7.69. The Morgan fingerprint density at radius 3 is 2.35 bits per heavy atom. The van der Waals surface area contributed by atoms with Gasteiger partial charge in [-0.15, -0.1) is 0 Å². The van der Waals surface area contributed by atoms with Crippen molar-refractivity contribution in [1.29, 1.82) is 0 Å². The van der Waals surface area contributed by atoms with Crippen molar-refractivity contribution in [3.8, 4) is 0 Å². The smallest absolute Gasteiger partial charge is 0.256 e. The van der Waals surface area contributed by atoms with Crippen molar-refractivity contribution in [3.63, 3.8) is 0 Å². The Labute approximate surface area is 137 Å². The van der Waals surface area contributed by atoms with Crippen LogP contribution in [0.15, 0.2) is 9.98 Å². The topological polar surface area (TPSA) is 91.2 Å². The summed E-state index contributed by atoms with van der Waals surface area (Å²) in [6.07, 6.45) is 0.534. The Bertz CT molecular complexity index is 558. The minimum atomic E-state index is -0.445. The van der Waals surface area contributed by atoms with Crippen LogP contribution < -0.4 is 5.32 Å². The molecule has 1 heterocycles. The SMILES string of the molecule is CC1=NC(=O)C(CCC(=O)N(C)CC(=O)NC(C)(C)C)C(C)=N1. The minimum Gasteiger partial charge on any atom is -0.350 e. The maximum atomic E-state index is 12.1. The van der Waals surface area contributed by atoms with Crippen LogP contribution in [-0.2, 0) is 14.4 Å². The predicted molar refractivity (Wildman–Crippen MR) is 89.5 cm³/mol. The van der Waals surface area contributed by atoms with E-state index in [1.165, 1.54) is 4.90 Å². The zero-order chi connectivity index (χ0) is 17.8. The molecule has 0 aromatic heterocycles. The molecule has 0 saturated heterocycles. The fraction of sp³-hybridized carbons (Fsp3) is 0.688. The van der Waals surface area contributed by atoms with E-state index < -0.39 is 5.92 Å². The first-order chi connectivity index (χ1) is 10.5. The lowest BCUT2D eigenvalue weighted by atomic mass is 9.96. The fourth-order valence-electron chi connectivity index (χ4n) is 2.33. The summed E-state index contributed by atoms with van der Waals surface area (Å²) >= 11 is 0. The number of aliphatic imine (C=N–C) groups is 2. The van der Waals surface area contributed by atoms with Crippen molar-refractivity contribution in [2.45, 2.75) is 53.0 Å². The van der Waals surface area contributed by atoms with E-state index in [2.05, 4.69) is 15.3 Å². The molecular weight excluding hydrogens is 296 g/mol. The molecule has 0 radical (unpaired) electrons. The summed E-state index contributed by atoms with van der Waals surface area (Å²) in [4.78, 5) is 45.2. The largest absolute Gasteiger partial charge is 0.350 e. The molecule has 1 aliphatic rings. The number of hydrogen-bond donors (Lipinski definition) is 1. The van der Waals surface area contributed by atoms with Gasteiger partial charge in [0.1, 0.15) is 5.84 Å². The Kier molecular flexibility index (Phi) is 6.18. The van der Waals surface area contributed by atoms with E-state index in [9.17, 15) is 14.4 Å². The van der Waals surface area contributed by atoms with Gasteiger partial charge < -0.3 is 10.2 Å². The van der Waals surface area contributed by atoms with Crippen molar-refractivity contribution in [1.82, 2.24) is 10.2 Å². The molecule has 23 heavy (non-hydrogen) atoms. The molecule has 7 heteroatoms. The molecule has 0 spiro atoms. The Balaban J connectivity index is 2.49. The standard InChI is InChI=1S/C16H26N4O3/c1-10-12(15(23)18-11(2)17-10)7-8-14(22)20(6)9-13(21)19-16(3,4)5/h12H,7-9H2,1-6H3,(H,19,21). The Hall–Kier alpha value is -2.05. The highest BCUT2D eigenvalue weighted by Gasteiger charge is 2.26. The van der Waals surface area contributed by atoms with Crippen LogP contribution in [0.5, 0.6) is 0 Å². The highest BCUT2D eigenvalue weighted by atomic mass is 16.2. The summed E-state index contributed by atoms with van der Waals surface area (Å²) in [6, 6.07) is 0. The van der Waals surface area contributed by atoms with E-state index in [-0.39, 0.29) is 36.2 Å². The van der Waals surface area contributed by atoms with E-state index in [1.807, 2.05) is 20.8 Å². The summed E-state index contributed by atoms with van der Waals surface area (Å²) in [5.41, 5.74) is 0.349. The van der Waals surface area contributed by atoms with Gasteiger partial charge in [0.15, 0.2) is 0 Å².